The van der Waals surface area contributed by atoms with Gasteiger partial charge in [0.05, 0.1) is 6.33 Å². The molecule has 0 atom stereocenters. The quantitative estimate of drug-likeness (QED) is 0.803. The Kier molecular flexibility index (Phi) is 3.16. The van der Waals surface area contributed by atoms with Crippen LogP contribution in [0.2, 0.25) is 5.28 Å². The summed E-state index contributed by atoms with van der Waals surface area (Å²) in [6.07, 6.45) is 5.32. The Labute approximate surface area is 96.7 Å². The molecule has 84 valence electrons. The molecule has 2 aromatic heterocycles. The molecule has 0 aliphatic heterocycles. The Bertz CT molecular complexity index is 435. The Morgan fingerprint density at radius 2 is 2.25 bits per heavy atom. The van der Waals surface area contributed by atoms with E-state index < -0.39 is 0 Å². The summed E-state index contributed by atoms with van der Waals surface area (Å²) < 4.78 is 1.93. The molecule has 0 saturated carbocycles. The number of nitrogens with zero attached hydrogens (tertiary/aromatic N) is 5. The molecule has 0 fully saturated rings. The first kappa shape index (κ1) is 10.6. The van der Waals surface area contributed by atoms with E-state index in [1.807, 2.05) is 10.8 Å². The molecular weight excluding hydrogens is 230 g/mol. The molecule has 0 saturated heterocycles. The van der Waals surface area contributed by atoms with E-state index in [-0.39, 0.29) is 11.2 Å². The predicted octanol–water partition coefficient (Wildman–Crippen LogP) is 0.416. The number of nitrogens with two attached hydrogens (primary N) is 1. The number of anilines is 2. The lowest BCUT2D eigenvalue weighted by Gasteiger charge is -2.05. The fourth-order valence-electron chi connectivity index (χ4n) is 1.16. The number of nitrogen functional groups attached to an aromatic ring is 1. The number of aromatic nitrogens is 5. The van der Waals surface area contributed by atoms with Crippen LogP contribution in [0.1, 0.15) is 0 Å². The largest absolute Gasteiger partial charge is 0.368 e. The highest BCUT2D eigenvalue weighted by molar-refractivity contribution is 6.28. The van der Waals surface area contributed by atoms with Crippen molar-refractivity contribution in [2.45, 2.75) is 6.54 Å². The molecule has 0 aromatic carbocycles. The van der Waals surface area contributed by atoms with Gasteiger partial charge in [-0.1, -0.05) is 0 Å². The molecule has 8 heteroatoms. The lowest BCUT2D eigenvalue weighted by Crippen LogP contribution is -2.12. The third-order valence-electron chi connectivity index (χ3n) is 1.84. The highest BCUT2D eigenvalue weighted by atomic mass is 35.5. The molecule has 0 unspecified atom stereocenters. The molecule has 2 aromatic rings. The van der Waals surface area contributed by atoms with E-state index in [0.717, 1.165) is 6.54 Å². The van der Waals surface area contributed by atoms with Gasteiger partial charge in [-0.3, -0.25) is 0 Å². The highest BCUT2D eigenvalue weighted by Gasteiger charge is 2.01. The average molecular weight is 240 g/mol. The normalized spacial score (nSPS) is 10.3. The molecule has 2 rings (SSSR count). The third-order valence-corrected chi connectivity index (χ3v) is 2.01. The van der Waals surface area contributed by atoms with Crippen LogP contribution in [0.5, 0.6) is 0 Å². The minimum Gasteiger partial charge on any atom is -0.368 e. The maximum absolute atomic E-state index is 5.63. The van der Waals surface area contributed by atoms with Crippen LogP contribution in [-0.2, 0) is 6.54 Å². The van der Waals surface area contributed by atoms with Gasteiger partial charge >= 0.3 is 0 Å². The van der Waals surface area contributed by atoms with Crippen LogP contribution < -0.4 is 11.1 Å². The molecule has 0 aliphatic carbocycles. The molecule has 16 heavy (non-hydrogen) atoms. The first-order valence-corrected chi connectivity index (χ1v) is 4.98. The zero-order chi connectivity index (χ0) is 11.4. The molecule has 3 N–H and O–H groups in total. The van der Waals surface area contributed by atoms with Gasteiger partial charge in [0.2, 0.25) is 17.2 Å². The molecule has 0 bridgehead atoms. The summed E-state index contributed by atoms with van der Waals surface area (Å²) in [5.41, 5.74) is 5.42. The van der Waals surface area contributed by atoms with Crippen LogP contribution >= 0.6 is 11.6 Å². The Hall–Kier alpha value is -1.89. The predicted molar refractivity (Wildman–Crippen MR) is 60.0 cm³/mol. The van der Waals surface area contributed by atoms with Crippen molar-refractivity contribution in [1.29, 1.82) is 0 Å². The van der Waals surface area contributed by atoms with Crippen LogP contribution in [-0.4, -0.2) is 31.0 Å². The summed E-state index contributed by atoms with van der Waals surface area (Å²) in [7, 11) is 0. The Morgan fingerprint density at radius 3 is 2.94 bits per heavy atom. The maximum atomic E-state index is 5.63. The van der Waals surface area contributed by atoms with Gasteiger partial charge in [0.1, 0.15) is 0 Å². The van der Waals surface area contributed by atoms with Crippen LogP contribution in [0.25, 0.3) is 0 Å². The van der Waals surface area contributed by atoms with Crippen LogP contribution in [0, 0.1) is 0 Å². The minimum atomic E-state index is 0.0811. The fourth-order valence-corrected chi connectivity index (χ4v) is 1.33. The van der Waals surface area contributed by atoms with E-state index in [1.54, 1.807) is 12.5 Å². The summed E-state index contributed by atoms with van der Waals surface area (Å²) in [5, 5.41) is 3.07. The number of imidazole rings is 1. The Morgan fingerprint density at radius 1 is 1.38 bits per heavy atom. The van der Waals surface area contributed by atoms with E-state index in [4.69, 9.17) is 17.3 Å². The van der Waals surface area contributed by atoms with Crippen molar-refractivity contribution in [3.63, 3.8) is 0 Å². The second-order valence-corrected chi connectivity index (χ2v) is 3.35. The van der Waals surface area contributed by atoms with Crippen molar-refractivity contribution in [2.75, 3.05) is 17.6 Å². The van der Waals surface area contributed by atoms with Gasteiger partial charge < -0.3 is 15.6 Å². The number of hydrogen-bond donors (Lipinski definition) is 2. The van der Waals surface area contributed by atoms with Crippen molar-refractivity contribution in [3.8, 4) is 0 Å². The SMILES string of the molecule is Nc1nc(Cl)nc(NCCn2ccnc2)n1. The van der Waals surface area contributed by atoms with Gasteiger partial charge in [0.15, 0.2) is 0 Å². The minimum absolute atomic E-state index is 0.0811. The second kappa shape index (κ2) is 4.75. The monoisotopic (exact) mass is 239 g/mol. The summed E-state index contributed by atoms with van der Waals surface area (Å²) in [6.45, 7) is 1.40. The van der Waals surface area contributed by atoms with E-state index in [0.29, 0.717) is 12.5 Å². The molecule has 0 spiro atoms. The zero-order valence-electron chi connectivity index (χ0n) is 8.34. The second-order valence-electron chi connectivity index (χ2n) is 3.01. The molecule has 2 heterocycles. The smallest absolute Gasteiger partial charge is 0.228 e. The highest BCUT2D eigenvalue weighted by Crippen LogP contribution is 2.06. The lowest BCUT2D eigenvalue weighted by molar-refractivity contribution is 0.723. The topological polar surface area (TPSA) is 94.5 Å². The first-order chi connectivity index (χ1) is 7.74. The van der Waals surface area contributed by atoms with Crippen molar-refractivity contribution in [3.05, 3.63) is 24.0 Å². The number of rotatable bonds is 4. The summed E-state index contributed by atoms with van der Waals surface area (Å²) in [5.74, 6) is 0.475. The van der Waals surface area contributed by atoms with Gasteiger partial charge in [-0.05, 0) is 11.6 Å². The average Bonchev–Trinajstić information content (AvgIpc) is 2.69. The van der Waals surface area contributed by atoms with E-state index in [2.05, 4.69) is 25.3 Å². The fraction of sp³-hybridized carbons (Fsp3) is 0.250. The molecular formula is C8H10ClN7. The maximum Gasteiger partial charge on any atom is 0.228 e. The first-order valence-electron chi connectivity index (χ1n) is 4.61. The van der Waals surface area contributed by atoms with Crippen molar-refractivity contribution >= 4 is 23.5 Å². The molecule has 0 radical (unpaired) electrons. The van der Waals surface area contributed by atoms with Crippen molar-refractivity contribution < 1.29 is 0 Å². The van der Waals surface area contributed by atoms with Gasteiger partial charge in [0.25, 0.3) is 0 Å². The van der Waals surface area contributed by atoms with Gasteiger partial charge in [-0.15, -0.1) is 0 Å². The Balaban J connectivity index is 1.89. The molecule has 0 aliphatic rings. The summed E-state index contributed by atoms with van der Waals surface area (Å²) in [6, 6.07) is 0. The van der Waals surface area contributed by atoms with Gasteiger partial charge in [-0.2, -0.15) is 15.0 Å². The number of nitrogens with one attached hydrogen (secondary N) is 1. The summed E-state index contributed by atoms with van der Waals surface area (Å²) >= 11 is 5.63. The standard InChI is InChI=1S/C8H10ClN7/c9-6-13-7(10)15-8(14-6)12-2-4-16-3-1-11-5-16/h1,3,5H,2,4H2,(H3,10,12,13,14,15). The summed E-state index contributed by atoms with van der Waals surface area (Å²) in [4.78, 5) is 15.4. The van der Waals surface area contributed by atoms with Crippen molar-refractivity contribution in [1.82, 2.24) is 24.5 Å². The molecule has 0 amide bonds. The lowest BCUT2D eigenvalue weighted by atomic mass is 10.6. The third kappa shape index (κ3) is 2.80. The number of halogens is 1. The van der Waals surface area contributed by atoms with E-state index in [9.17, 15) is 0 Å². The zero-order valence-corrected chi connectivity index (χ0v) is 9.09. The number of hydrogen-bond acceptors (Lipinski definition) is 6. The van der Waals surface area contributed by atoms with Crippen LogP contribution in [0.4, 0.5) is 11.9 Å². The van der Waals surface area contributed by atoms with Crippen LogP contribution in [0.3, 0.4) is 0 Å². The van der Waals surface area contributed by atoms with E-state index >= 15 is 0 Å². The van der Waals surface area contributed by atoms with Gasteiger partial charge in [-0.25, -0.2) is 4.98 Å². The van der Waals surface area contributed by atoms with Crippen LogP contribution in [0.15, 0.2) is 18.7 Å². The van der Waals surface area contributed by atoms with E-state index in [1.165, 1.54) is 0 Å². The molecule has 7 nitrogen and oxygen atoms in total. The van der Waals surface area contributed by atoms with Gasteiger partial charge in [0, 0.05) is 25.5 Å². The van der Waals surface area contributed by atoms with Crippen molar-refractivity contribution in [2.24, 2.45) is 0 Å².